The minimum atomic E-state index is 1.01. The highest BCUT2D eigenvalue weighted by molar-refractivity contribution is 7.12. The van der Waals surface area contributed by atoms with Crippen molar-refractivity contribution in [2.24, 2.45) is 0 Å². The number of thiazole rings is 1. The van der Waals surface area contributed by atoms with Crippen molar-refractivity contribution in [3.63, 3.8) is 0 Å². The summed E-state index contributed by atoms with van der Waals surface area (Å²) >= 11 is 1.84. The van der Waals surface area contributed by atoms with Crippen LogP contribution in [0.25, 0.3) is 11.3 Å². The number of benzene rings is 1. The first kappa shape index (κ1) is 12.3. The van der Waals surface area contributed by atoms with E-state index in [0.717, 1.165) is 19.4 Å². The zero-order chi connectivity index (χ0) is 12.1. The number of likely N-dealkylation sites (N-methyl/N-ethyl adjacent to an activating group) is 1. The fourth-order valence-electron chi connectivity index (χ4n) is 1.78. The van der Waals surface area contributed by atoms with E-state index in [1.807, 2.05) is 24.5 Å². The molecule has 0 bridgehead atoms. The molecule has 1 heterocycles. The molecule has 0 spiro atoms. The fraction of sp³-hybridized carbons (Fsp3) is 0.357. The van der Waals surface area contributed by atoms with Crippen molar-refractivity contribution in [3.8, 4) is 11.3 Å². The van der Waals surface area contributed by atoms with Gasteiger partial charge in [0, 0.05) is 10.4 Å². The molecule has 3 heteroatoms. The topological polar surface area (TPSA) is 24.9 Å². The predicted molar refractivity (Wildman–Crippen MR) is 74.6 cm³/mol. The van der Waals surface area contributed by atoms with Crippen LogP contribution in [0.5, 0.6) is 0 Å². The summed E-state index contributed by atoms with van der Waals surface area (Å²) in [6.07, 6.45) is 2.07. The second-order valence-electron chi connectivity index (χ2n) is 3.95. The lowest BCUT2D eigenvalue weighted by Crippen LogP contribution is -2.09. The Morgan fingerprint density at radius 3 is 2.65 bits per heavy atom. The maximum Gasteiger partial charge on any atom is 0.0932 e. The predicted octanol–water partition coefficient (Wildman–Crippen LogP) is 3.13. The first-order valence-corrected chi connectivity index (χ1v) is 6.85. The minimum Gasteiger partial charge on any atom is -0.319 e. The van der Waals surface area contributed by atoms with Crippen molar-refractivity contribution in [3.05, 3.63) is 40.2 Å². The van der Waals surface area contributed by atoms with Gasteiger partial charge in [0.25, 0.3) is 0 Å². The van der Waals surface area contributed by atoms with Crippen LogP contribution >= 0.6 is 11.3 Å². The van der Waals surface area contributed by atoms with E-state index in [1.165, 1.54) is 21.1 Å². The van der Waals surface area contributed by atoms with Gasteiger partial charge in [0.15, 0.2) is 0 Å². The summed E-state index contributed by atoms with van der Waals surface area (Å²) in [5.41, 5.74) is 2.40. The molecule has 0 fully saturated rings. The number of nitrogens with one attached hydrogen (secondary N) is 1. The van der Waals surface area contributed by atoms with Crippen LogP contribution in [0, 0.1) is 0 Å². The standard InChI is InChI=1S/C14H18N2S/c1-3-13-16-14(11-7-5-4-6-8-11)12(17-13)9-10-15-2/h4-8,15H,3,9-10H2,1-2H3. The van der Waals surface area contributed by atoms with E-state index in [4.69, 9.17) is 4.98 Å². The molecule has 0 aliphatic heterocycles. The summed E-state index contributed by atoms with van der Waals surface area (Å²) in [5.74, 6) is 0. The third kappa shape index (κ3) is 2.93. The normalized spacial score (nSPS) is 10.7. The smallest absolute Gasteiger partial charge is 0.0932 e. The van der Waals surface area contributed by atoms with E-state index in [0.29, 0.717) is 0 Å². The maximum absolute atomic E-state index is 4.74. The summed E-state index contributed by atoms with van der Waals surface area (Å²) in [4.78, 5) is 6.13. The molecule has 1 N–H and O–H groups in total. The molecule has 1 aromatic carbocycles. The van der Waals surface area contributed by atoms with Crippen LogP contribution < -0.4 is 5.32 Å². The fourth-order valence-corrected chi connectivity index (χ4v) is 2.81. The van der Waals surface area contributed by atoms with Crippen LogP contribution in [0.4, 0.5) is 0 Å². The highest BCUT2D eigenvalue weighted by Crippen LogP contribution is 2.28. The molecule has 0 unspecified atom stereocenters. The van der Waals surface area contributed by atoms with Crippen LogP contribution in [-0.2, 0) is 12.8 Å². The van der Waals surface area contributed by atoms with Crippen molar-refractivity contribution >= 4 is 11.3 Å². The second-order valence-corrected chi connectivity index (χ2v) is 5.12. The Morgan fingerprint density at radius 1 is 1.24 bits per heavy atom. The highest BCUT2D eigenvalue weighted by Gasteiger charge is 2.11. The second kappa shape index (κ2) is 5.94. The van der Waals surface area contributed by atoms with Crippen molar-refractivity contribution in [2.75, 3.05) is 13.6 Å². The van der Waals surface area contributed by atoms with Crippen LogP contribution in [0.3, 0.4) is 0 Å². The lowest BCUT2D eigenvalue weighted by atomic mass is 10.1. The van der Waals surface area contributed by atoms with Gasteiger partial charge in [0.1, 0.15) is 0 Å². The van der Waals surface area contributed by atoms with Gasteiger partial charge in [-0.05, 0) is 26.4 Å². The molecule has 2 nitrogen and oxygen atoms in total. The summed E-state index contributed by atoms with van der Waals surface area (Å²) in [5, 5.41) is 4.43. The summed E-state index contributed by atoms with van der Waals surface area (Å²) in [6, 6.07) is 10.5. The van der Waals surface area contributed by atoms with Gasteiger partial charge < -0.3 is 5.32 Å². The Balaban J connectivity index is 2.34. The first-order valence-electron chi connectivity index (χ1n) is 6.03. The minimum absolute atomic E-state index is 1.01. The van der Waals surface area contributed by atoms with Gasteiger partial charge in [-0.1, -0.05) is 37.3 Å². The Labute approximate surface area is 107 Å². The Hall–Kier alpha value is -1.19. The third-order valence-corrected chi connectivity index (χ3v) is 3.95. The van der Waals surface area contributed by atoms with Gasteiger partial charge in [0.2, 0.25) is 0 Å². The van der Waals surface area contributed by atoms with E-state index >= 15 is 0 Å². The molecule has 0 radical (unpaired) electrons. The zero-order valence-electron chi connectivity index (χ0n) is 10.4. The number of aromatic nitrogens is 1. The molecule has 0 saturated carbocycles. The number of aryl methyl sites for hydroxylation is 1. The maximum atomic E-state index is 4.74. The Morgan fingerprint density at radius 2 is 2.00 bits per heavy atom. The van der Waals surface area contributed by atoms with Gasteiger partial charge >= 0.3 is 0 Å². The summed E-state index contributed by atoms with van der Waals surface area (Å²) in [7, 11) is 1.99. The number of hydrogen-bond donors (Lipinski definition) is 1. The molecular weight excluding hydrogens is 228 g/mol. The lowest BCUT2D eigenvalue weighted by molar-refractivity contribution is 0.799. The molecule has 0 saturated heterocycles. The molecule has 1 aromatic heterocycles. The SMILES string of the molecule is CCc1nc(-c2ccccc2)c(CCNC)s1. The van der Waals surface area contributed by atoms with E-state index in [1.54, 1.807) is 0 Å². The van der Waals surface area contributed by atoms with Gasteiger partial charge in [-0.25, -0.2) is 4.98 Å². The van der Waals surface area contributed by atoms with Crippen LogP contribution in [-0.4, -0.2) is 18.6 Å². The summed E-state index contributed by atoms with van der Waals surface area (Å²) in [6.45, 7) is 3.17. The van der Waals surface area contributed by atoms with Gasteiger partial charge in [0.05, 0.1) is 10.7 Å². The van der Waals surface area contributed by atoms with Crippen LogP contribution in [0.15, 0.2) is 30.3 Å². The quantitative estimate of drug-likeness (QED) is 0.876. The van der Waals surface area contributed by atoms with Crippen molar-refractivity contribution in [2.45, 2.75) is 19.8 Å². The van der Waals surface area contributed by atoms with E-state index in [2.05, 4.69) is 36.5 Å². The number of rotatable bonds is 5. The van der Waals surface area contributed by atoms with Gasteiger partial charge in [-0.2, -0.15) is 0 Å². The molecule has 0 aliphatic rings. The van der Waals surface area contributed by atoms with Crippen LogP contribution in [0.2, 0.25) is 0 Å². The molecule has 0 amide bonds. The zero-order valence-corrected chi connectivity index (χ0v) is 11.2. The van der Waals surface area contributed by atoms with E-state index in [9.17, 15) is 0 Å². The van der Waals surface area contributed by atoms with Crippen molar-refractivity contribution < 1.29 is 0 Å². The Kier molecular flexibility index (Phi) is 4.29. The molecule has 90 valence electrons. The average molecular weight is 246 g/mol. The number of nitrogens with zero attached hydrogens (tertiary/aromatic N) is 1. The van der Waals surface area contributed by atoms with E-state index in [-0.39, 0.29) is 0 Å². The highest BCUT2D eigenvalue weighted by atomic mass is 32.1. The largest absolute Gasteiger partial charge is 0.319 e. The van der Waals surface area contributed by atoms with Gasteiger partial charge in [-0.15, -0.1) is 11.3 Å². The Bertz CT molecular complexity index is 462. The molecule has 17 heavy (non-hydrogen) atoms. The lowest BCUT2D eigenvalue weighted by Gasteiger charge is -2.01. The molecule has 0 aliphatic carbocycles. The van der Waals surface area contributed by atoms with Gasteiger partial charge in [-0.3, -0.25) is 0 Å². The third-order valence-electron chi connectivity index (χ3n) is 2.69. The summed E-state index contributed by atoms with van der Waals surface area (Å²) < 4.78 is 0. The first-order chi connectivity index (χ1) is 8.35. The van der Waals surface area contributed by atoms with Crippen molar-refractivity contribution in [1.29, 1.82) is 0 Å². The van der Waals surface area contributed by atoms with Crippen molar-refractivity contribution in [1.82, 2.24) is 10.3 Å². The van der Waals surface area contributed by atoms with Crippen LogP contribution in [0.1, 0.15) is 16.8 Å². The average Bonchev–Trinajstić information content (AvgIpc) is 2.80. The molecule has 2 rings (SSSR count). The number of hydrogen-bond acceptors (Lipinski definition) is 3. The molecule has 2 aromatic rings. The van der Waals surface area contributed by atoms with E-state index < -0.39 is 0 Å². The monoisotopic (exact) mass is 246 g/mol. The molecule has 0 atom stereocenters. The molecular formula is C14H18N2S.